The molecule has 0 aliphatic carbocycles. The molecule has 1 aromatic carbocycles. The Balaban J connectivity index is 1.74. The summed E-state index contributed by atoms with van der Waals surface area (Å²) in [6, 6.07) is 3.88. The summed E-state index contributed by atoms with van der Waals surface area (Å²) in [5, 5.41) is 3.95. The van der Waals surface area contributed by atoms with Gasteiger partial charge in [-0.1, -0.05) is 0 Å². The number of nitrogens with one attached hydrogen (secondary N) is 1. The average Bonchev–Trinajstić information content (AvgIpc) is 2.61. The van der Waals surface area contributed by atoms with E-state index in [9.17, 15) is 9.59 Å². The van der Waals surface area contributed by atoms with Crippen molar-refractivity contribution in [1.29, 1.82) is 0 Å². The van der Waals surface area contributed by atoms with Crippen LogP contribution in [0.2, 0.25) is 0 Å². The Bertz CT molecular complexity index is 944. The van der Waals surface area contributed by atoms with E-state index in [1.165, 1.54) is 0 Å². The summed E-state index contributed by atoms with van der Waals surface area (Å²) < 4.78 is 16.6. The van der Waals surface area contributed by atoms with E-state index in [-0.39, 0.29) is 29.6 Å². The van der Waals surface area contributed by atoms with Crippen LogP contribution in [0.5, 0.6) is 5.75 Å². The molecule has 2 heterocycles. The second-order valence-electron chi connectivity index (χ2n) is 8.13. The Hall–Kier alpha value is -2.34. The van der Waals surface area contributed by atoms with Crippen LogP contribution in [0, 0.1) is 13.8 Å². The largest absolute Gasteiger partial charge is 0.496 e. The predicted octanol–water partition coefficient (Wildman–Crippen LogP) is 3.42. The van der Waals surface area contributed by atoms with E-state index in [1.54, 1.807) is 7.11 Å². The van der Waals surface area contributed by atoms with Crippen molar-refractivity contribution in [1.82, 2.24) is 5.32 Å². The molecule has 1 aliphatic rings. The maximum Gasteiger partial charge on any atom is 0.339 e. The third-order valence-electron chi connectivity index (χ3n) is 5.54. The number of carbonyl (C=O) groups is 1. The lowest BCUT2D eigenvalue weighted by molar-refractivity contribution is -0.124. The zero-order valence-corrected chi connectivity index (χ0v) is 17.3. The smallest absolute Gasteiger partial charge is 0.339 e. The summed E-state index contributed by atoms with van der Waals surface area (Å²) in [7, 11) is 1.59. The second-order valence-corrected chi connectivity index (χ2v) is 8.13. The average molecular weight is 387 g/mol. The van der Waals surface area contributed by atoms with Gasteiger partial charge in [0.25, 0.3) is 0 Å². The number of fused-ring (bicyclic) bond motifs is 1. The van der Waals surface area contributed by atoms with Crippen LogP contribution in [-0.2, 0) is 16.0 Å². The van der Waals surface area contributed by atoms with Crippen molar-refractivity contribution >= 4 is 16.9 Å². The SMILES string of the molecule is COc1ccc2c(C)c(CCC(=O)N[C@@H]3CCOC(C)(C)C3)c(=O)oc2c1C. The van der Waals surface area contributed by atoms with E-state index in [2.05, 4.69) is 5.32 Å². The van der Waals surface area contributed by atoms with Gasteiger partial charge >= 0.3 is 5.63 Å². The lowest BCUT2D eigenvalue weighted by Crippen LogP contribution is -2.45. The molecule has 0 bridgehead atoms. The molecule has 1 aliphatic heterocycles. The van der Waals surface area contributed by atoms with Gasteiger partial charge in [-0.05, 0) is 64.7 Å². The summed E-state index contributed by atoms with van der Waals surface area (Å²) in [4.78, 5) is 25.0. The molecule has 1 N–H and O–H groups in total. The zero-order valence-electron chi connectivity index (χ0n) is 17.3. The lowest BCUT2D eigenvalue weighted by Gasteiger charge is -2.35. The number of benzene rings is 1. The summed E-state index contributed by atoms with van der Waals surface area (Å²) in [5.41, 5.74) is 2.15. The predicted molar refractivity (Wildman–Crippen MR) is 108 cm³/mol. The van der Waals surface area contributed by atoms with Gasteiger partial charge in [0.05, 0.1) is 12.7 Å². The highest BCUT2D eigenvalue weighted by molar-refractivity contribution is 5.85. The highest BCUT2D eigenvalue weighted by Crippen LogP contribution is 2.29. The maximum absolute atomic E-state index is 12.5. The van der Waals surface area contributed by atoms with Crippen LogP contribution >= 0.6 is 0 Å². The van der Waals surface area contributed by atoms with Crippen LogP contribution in [0.1, 0.15) is 49.8 Å². The van der Waals surface area contributed by atoms with Crippen molar-refractivity contribution in [3.05, 3.63) is 39.2 Å². The molecule has 1 amide bonds. The third-order valence-corrected chi connectivity index (χ3v) is 5.54. The molecule has 2 aromatic rings. The van der Waals surface area contributed by atoms with E-state index >= 15 is 0 Å². The Morgan fingerprint density at radius 3 is 2.71 bits per heavy atom. The molecule has 1 atom stereocenters. The number of ether oxygens (including phenoxy) is 2. The van der Waals surface area contributed by atoms with Crippen molar-refractivity contribution in [2.45, 2.75) is 65.0 Å². The van der Waals surface area contributed by atoms with Gasteiger partial charge in [-0.25, -0.2) is 4.79 Å². The van der Waals surface area contributed by atoms with Crippen LogP contribution in [0.25, 0.3) is 11.0 Å². The minimum absolute atomic E-state index is 0.0486. The molecule has 1 fully saturated rings. The first kappa shape index (κ1) is 20.4. The summed E-state index contributed by atoms with van der Waals surface area (Å²) in [6.07, 6.45) is 2.21. The first-order valence-electron chi connectivity index (χ1n) is 9.75. The summed E-state index contributed by atoms with van der Waals surface area (Å²) in [6.45, 7) is 8.48. The van der Waals surface area contributed by atoms with Crippen LogP contribution in [0.4, 0.5) is 0 Å². The molecular formula is C22H29NO5. The third kappa shape index (κ3) is 4.22. The molecule has 0 saturated carbocycles. The number of aryl methyl sites for hydroxylation is 2. The maximum atomic E-state index is 12.5. The van der Waals surface area contributed by atoms with E-state index < -0.39 is 0 Å². The molecule has 6 nitrogen and oxygen atoms in total. The minimum Gasteiger partial charge on any atom is -0.496 e. The fourth-order valence-corrected chi connectivity index (χ4v) is 3.97. The van der Waals surface area contributed by atoms with Crippen molar-refractivity contribution in [3.8, 4) is 5.75 Å². The first-order chi connectivity index (χ1) is 13.2. The molecule has 1 saturated heterocycles. The highest BCUT2D eigenvalue weighted by atomic mass is 16.5. The number of rotatable bonds is 5. The fraction of sp³-hybridized carbons (Fsp3) is 0.545. The van der Waals surface area contributed by atoms with Gasteiger partial charge in [0.15, 0.2) is 0 Å². The van der Waals surface area contributed by atoms with Crippen molar-refractivity contribution in [2.24, 2.45) is 0 Å². The highest BCUT2D eigenvalue weighted by Gasteiger charge is 2.29. The van der Waals surface area contributed by atoms with Gasteiger partial charge in [0.1, 0.15) is 11.3 Å². The fourth-order valence-electron chi connectivity index (χ4n) is 3.97. The van der Waals surface area contributed by atoms with Gasteiger partial charge in [0, 0.05) is 35.6 Å². The normalized spacial score (nSPS) is 18.8. The quantitative estimate of drug-likeness (QED) is 0.796. The number of hydrogen-bond acceptors (Lipinski definition) is 5. The standard InChI is InChI=1S/C22H29NO5/c1-13-16-6-8-18(26-5)14(2)20(16)28-21(25)17(13)7-9-19(24)23-15-10-11-27-22(3,4)12-15/h6,8,15H,7,9-12H2,1-5H3,(H,23,24)/t15-/m1/s1. The van der Waals surface area contributed by atoms with Gasteiger partial charge in [0.2, 0.25) is 5.91 Å². The lowest BCUT2D eigenvalue weighted by atomic mass is 9.93. The molecule has 0 spiro atoms. The number of hydrogen-bond donors (Lipinski definition) is 1. The Labute approximate surface area is 165 Å². The molecule has 0 radical (unpaired) electrons. The van der Waals surface area contributed by atoms with Crippen molar-refractivity contribution in [3.63, 3.8) is 0 Å². The monoisotopic (exact) mass is 387 g/mol. The Morgan fingerprint density at radius 1 is 1.29 bits per heavy atom. The van der Waals surface area contributed by atoms with Gasteiger partial charge in [-0.3, -0.25) is 4.79 Å². The Kier molecular flexibility index (Phi) is 5.79. The molecule has 6 heteroatoms. The second kappa shape index (κ2) is 7.95. The molecule has 1 aromatic heterocycles. The number of methoxy groups -OCH3 is 1. The van der Waals surface area contributed by atoms with Gasteiger partial charge < -0.3 is 19.2 Å². The van der Waals surface area contributed by atoms with Crippen LogP contribution in [0.3, 0.4) is 0 Å². The van der Waals surface area contributed by atoms with E-state index in [0.717, 1.165) is 29.4 Å². The van der Waals surface area contributed by atoms with Crippen molar-refractivity contribution in [2.75, 3.05) is 13.7 Å². The van der Waals surface area contributed by atoms with Gasteiger partial charge in [-0.2, -0.15) is 0 Å². The van der Waals surface area contributed by atoms with Crippen LogP contribution < -0.4 is 15.7 Å². The van der Waals surface area contributed by atoms with Crippen LogP contribution in [-0.4, -0.2) is 31.3 Å². The molecule has 0 unspecified atom stereocenters. The molecule has 3 rings (SSSR count). The Morgan fingerprint density at radius 2 is 2.04 bits per heavy atom. The van der Waals surface area contributed by atoms with Gasteiger partial charge in [-0.15, -0.1) is 0 Å². The summed E-state index contributed by atoms with van der Waals surface area (Å²) >= 11 is 0. The summed E-state index contributed by atoms with van der Waals surface area (Å²) in [5.74, 6) is 0.633. The van der Waals surface area contributed by atoms with E-state index in [4.69, 9.17) is 13.9 Å². The van der Waals surface area contributed by atoms with E-state index in [1.807, 2.05) is 39.8 Å². The topological polar surface area (TPSA) is 77.8 Å². The number of carbonyl (C=O) groups excluding carboxylic acids is 1. The zero-order chi connectivity index (χ0) is 20.5. The van der Waals surface area contributed by atoms with Crippen molar-refractivity contribution < 1.29 is 18.7 Å². The first-order valence-corrected chi connectivity index (χ1v) is 9.75. The molecule has 152 valence electrons. The van der Waals surface area contributed by atoms with Crippen LogP contribution in [0.15, 0.2) is 21.3 Å². The van der Waals surface area contributed by atoms with E-state index in [0.29, 0.717) is 29.9 Å². The molecular weight excluding hydrogens is 358 g/mol. The molecule has 28 heavy (non-hydrogen) atoms. The minimum atomic E-state index is -0.388. The number of amides is 1.